The fourth-order valence-electron chi connectivity index (χ4n) is 10.3. The third kappa shape index (κ3) is 61.6. The topological polar surface area (TPSA) is 237 Å². The third-order valence-corrected chi connectivity index (χ3v) is 18.1. The molecule has 0 saturated heterocycles. The van der Waals surface area contributed by atoms with Gasteiger partial charge < -0.3 is 33.8 Å². The maximum atomic E-state index is 13.0. The second-order valence-electron chi connectivity index (χ2n) is 26.1. The summed E-state index contributed by atoms with van der Waals surface area (Å²) in [6, 6.07) is 0. The summed E-state index contributed by atoms with van der Waals surface area (Å²) in [6.45, 7) is 11.8. The van der Waals surface area contributed by atoms with Gasteiger partial charge in [0.05, 0.1) is 26.4 Å². The molecule has 0 fully saturated rings. The quantitative estimate of drug-likeness (QED) is 0.0222. The highest BCUT2D eigenvalue weighted by Gasteiger charge is 2.30. The Labute approximate surface area is 537 Å². The van der Waals surface area contributed by atoms with E-state index in [0.717, 1.165) is 114 Å². The molecule has 0 radical (unpaired) electrons. The molecule has 19 heteroatoms. The molecular weight excluding hydrogens is 1160 g/mol. The standard InChI is InChI=1S/C69H134O17P2/c1-8-10-11-33-43-50-66(71)79-56-64(85-69(74)53-46-39-32-26-25-29-36-42-49-62(7)9-2)58-83-87(75,76)81-54-63(70)55-82-88(77,78)84-59-65(57-80-67(72)51-44-37-30-24-20-22-28-35-41-48-61(5)6)86-68(73)52-45-38-31-23-19-17-15-13-12-14-16-18-21-27-34-40-47-60(3)4/h60-65,70H,8-59H2,1-7H3,(H,75,76)(H,77,78)/t62?,63-,64+,65+/m0/s1. The van der Waals surface area contributed by atoms with Crippen LogP contribution in [0.3, 0.4) is 0 Å². The summed E-state index contributed by atoms with van der Waals surface area (Å²) in [4.78, 5) is 72.2. The molecule has 0 saturated carbocycles. The second kappa shape index (κ2) is 60.0. The lowest BCUT2D eigenvalue weighted by Crippen LogP contribution is -2.30. The van der Waals surface area contributed by atoms with Gasteiger partial charge >= 0.3 is 39.5 Å². The first-order valence-electron chi connectivity index (χ1n) is 35.9. The first kappa shape index (κ1) is 86.1. The van der Waals surface area contributed by atoms with Crippen LogP contribution in [0, 0.1) is 17.8 Å². The van der Waals surface area contributed by atoms with E-state index in [4.69, 9.17) is 37.0 Å². The highest BCUT2D eigenvalue weighted by Crippen LogP contribution is 2.45. The monoisotopic (exact) mass is 1300 g/mol. The minimum atomic E-state index is -4.95. The van der Waals surface area contributed by atoms with Crippen LogP contribution in [0.5, 0.6) is 0 Å². The summed E-state index contributed by atoms with van der Waals surface area (Å²) >= 11 is 0. The van der Waals surface area contributed by atoms with Gasteiger partial charge in [-0.05, 0) is 43.4 Å². The van der Waals surface area contributed by atoms with Gasteiger partial charge in [-0.2, -0.15) is 0 Å². The number of phosphoric ester groups is 2. The van der Waals surface area contributed by atoms with Gasteiger partial charge in [0.1, 0.15) is 19.3 Å². The Hall–Kier alpha value is -1.94. The number of rotatable bonds is 67. The van der Waals surface area contributed by atoms with Gasteiger partial charge in [0, 0.05) is 25.7 Å². The zero-order valence-corrected chi connectivity index (χ0v) is 59.0. The first-order chi connectivity index (χ1) is 42.3. The van der Waals surface area contributed by atoms with E-state index in [1.807, 2.05) is 0 Å². The van der Waals surface area contributed by atoms with E-state index in [0.29, 0.717) is 25.7 Å². The Bertz CT molecular complexity index is 1730. The molecule has 3 unspecified atom stereocenters. The number of aliphatic hydroxyl groups excluding tert-OH is 1. The molecule has 0 heterocycles. The molecule has 0 spiro atoms. The van der Waals surface area contributed by atoms with E-state index < -0.39 is 97.5 Å². The number of hydrogen-bond acceptors (Lipinski definition) is 15. The van der Waals surface area contributed by atoms with Crippen LogP contribution >= 0.6 is 15.6 Å². The summed E-state index contributed by atoms with van der Waals surface area (Å²) in [6.07, 6.45) is 43.5. The van der Waals surface area contributed by atoms with Crippen LogP contribution in [0.15, 0.2) is 0 Å². The Kier molecular flexibility index (Phi) is 58.7. The maximum Gasteiger partial charge on any atom is 0.472 e. The van der Waals surface area contributed by atoms with Gasteiger partial charge in [-0.25, -0.2) is 9.13 Å². The number of hydrogen-bond donors (Lipinski definition) is 3. The number of phosphoric acid groups is 2. The van der Waals surface area contributed by atoms with Crippen molar-refractivity contribution in [3.8, 4) is 0 Å². The molecule has 0 aliphatic rings. The van der Waals surface area contributed by atoms with E-state index in [-0.39, 0.29) is 25.7 Å². The summed E-state index contributed by atoms with van der Waals surface area (Å²) in [5.41, 5.74) is 0. The van der Waals surface area contributed by atoms with Crippen LogP contribution in [0.1, 0.15) is 344 Å². The Morgan fingerprint density at radius 1 is 0.330 bits per heavy atom. The van der Waals surface area contributed by atoms with E-state index in [1.165, 1.54) is 148 Å². The minimum absolute atomic E-state index is 0.104. The van der Waals surface area contributed by atoms with Crippen LogP contribution in [0.2, 0.25) is 0 Å². The van der Waals surface area contributed by atoms with E-state index >= 15 is 0 Å². The zero-order chi connectivity index (χ0) is 65.2. The van der Waals surface area contributed by atoms with Gasteiger partial charge in [0.2, 0.25) is 0 Å². The second-order valence-corrected chi connectivity index (χ2v) is 29.0. The maximum absolute atomic E-state index is 13.0. The van der Waals surface area contributed by atoms with Crippen molar-refractivity contribution in [3.05, 3.63) is 0 Å². The van der Waals surface area contributed by atoms with Gasteiger partial charge in [0.25, 0.3) is 0 Å². The van der Waals surface area contributed by atoms with Crippen LogP contribution < -0.4 is 0 Å². The molecule has 0 aromatic carbocycles. The minimum Gasteiger partial charge on any atom is -0.462 e. The lowest BCUT2D eigenvalue weighted by Gasteiger charge is -2.21. The van der Waals surface area contributed by atoms with Crippen molar-refractivity contribution < 1.29 is 80.2 Å². The predicted octanol–water partition coefficient (Wildman–Crippen LogP) is 19.5. The van der Waals surface area contributed by atoms with Gasteiger partial charge in [-0.15, -0.1) is 0 Å². The highest BCUT2D eigenvalue weighted by molar-refractivity contribution is 7.47. The van der Waals surface area contributed by atoms with E-state index in [1.54, 1.807) is 0 Å². The van der Waals surface area contributed by atoms with Crippen molar-refractivity contribution in [1.82, 2.24) is 0 Å². The van der Waals surface area contributed by atoms with Crippen LogP contribution in [0.25, 0.3) is 0 Å². The summed E-state index contributed by atoms with van der Waals surface area (Å²) in [5.74, 6) is 0.183. The van der Waals surface area contributed by atoms with Crippen molar-refractivity contribution in [3.63, 3.8) is 0 Å². The lowest BCUT2D eigenvalue weighted by atomic mass is 9.99. The molecule has 0 aliphatic carbocycles. The average molecular weight is 1300 g/mol. The molecule has 0 rings (SSSR count). The van der Waals surface area contributed by atoms with Crippen LogP contribution in [-0.4, -0.2) is 96.7 Å². The Morgan fingerprint density at radius 3 is 0.864 bits per heavy atom. The number of carbonyl (C=O) groups is 4. The van der Waals surface area contributed by atoms with Crippen molar-refractivity contribution >= 4 is 39.5 Å². The van der Waals surface area contributed by atoms with Crippen LogP contribution in [-0.2, 0) is 65.4 Å². The van der Waals surface area contributed by atoms with Crippen molar-refractivity contribution in [2.24, 2.45) is 17.8 Å². The molecule has 17 nitrogen and oxygen atoms in total. The molecule has 6 atom stereocenters. The highest BCUT2D eigenvalue weighted by atomic mass is 31.2. The zero-order valence-electron chi connectivity index (χ0n) is 57.2. The summed E-state index contributed by atoms with van der Waals surface area (Å²) in [7, 11) is -9.89. The molecule has 0 bridgehead atoms. The summed E-state index contributed by atoms with van der Waals surface area (Å²) < 4.78 is 68.0. The van der Waals surface area contributed by atoms with Crippen LogP contribution in [0.4, 0.5) is 0 Å². The van der Waals surface area contributed by atoms with Gasteiger partial charge in [-0.3, -0.25) is 37.3 Å². The normalized spacial score (nSPS) is 14.5. The lowest BCUT2D eigenvalue weighted by molar-refractivity contribution is -0.161. The van der Waals surface area contributed by atoms with Crippen molar-refractivity contribution in [1.29, 1.82) is 0 Å². The molecule has 0 aromatic heterocycles. The first-order valence-corrected chi connectivity index (χ1v) is 38.9. The Morgan fingerprint density at radius 2 is 0.580 bits per heavy atom. The number of carbonyl (C=O) groups excluding carboxylic acids is 4. The molecule has 88 heavy (non-hydrogen) atoms. The molecule has 3 N–H and O–H groups in total. The third-order valence-electron chi connectivity index (χ3n) is 16.2. The predicted molar refractivity (Wildman–Crippen MR) is 354 cm³/mol. The molecule has 0 aliphatic heterocycles. The number of esters is 4. The fraction of sp³-hybridized carbons (Fsp3) is 0.942. The van der Waals surface area contributed by atoms with Gasteiger partial charge in [0.15, 0.2) is 12.2 Å². The average Bonchev–Trinajstić information content (AvgIpc) is 3.45. The fourth-order valence-corrected chi connectivity index (χ4v) is 11.9. The molecule has 522 valence electrons. The summed E-state index contributed by atoms with van der Waals surface area (Å²) in [5, 5.41) is 10.5. The SMILES string of the molecule is CCCCCCCC(=O)OC[C@H](COP(=O)(O)OC[C@H](O)COP(=O)(O)OC[C@@H](COC(=O)CCCCCCCCCCCC(C)C)OC(=O)CCCCCCCCCCCCCCCCCCC(C)C)OC(=O)CCCCCCCCCCC(C)CC. The largest absolute Gasteiger partial charge is 0.472 e. The van der Waals surface area contributed by atoms with Crippen molar-refractivity contribution in [2.75, 3.05) is 39.6 Å². The number of ether oxygens (including phenoxy) is 4. The number of aliphatic hydroxyl groups is 1. The molecular formula is C69H134O17P2. The van der Waals surface area contributed by atoms with Crippen molar-refractivity contribution in [2.45, 2.75) is 362 Å². The molecule has 0 amide bonds. The van der Waals surface area contributed by atoms with E-state index in [2.05, 4.69) is 48.5 Å². The smallest absolute Gasteiger partial charge is 0.462 e. The Balaban J connectivity index is 5.14. The van der Waals surface area contributed by atoms with Gasteiger partial charge in [-0.1, -0.05) is 292 Å². The number of unbranched alkanes of at least 4 members (excludes halogenated alkanes) is 34. The van der Waals surface area contributed by atoms with E-state index in [9.17, 15) is 43.2 Å². The molecule has 0 aromatic rings.